The summed E-state index contributed by atoms with van der Waals surface area (Å²) in [6.45, 7) is 7.87. The van der Waals surface area contributed by atoms with Crippen LogP contribution in [-0.2, 0) is 33.3 Å². The zero-order valence-electron chi connectivity index (χ0n) is 17.7. The standard InChI is InChI=1S/C20H38O8/c1-4-7-13-27-20(26-6-3,28-14-8-5-2)17-24-15-16-25-19(23)12-10-9-11-18(21)22/h4-17H2,1-3H3,(H,21,22). The maximum absolute atomic E-state index is 11.6. The van der Waals surface area contributed by atoms with Crippen molar-refractivity contribution in [2.45, 2.75) is 78.1 Å². The molecule has 0 rings (SSSR count). The molecule has 28 heavy (non-hydrogen) atoms. The van der Waals surface area contributed by atoms with Gasteiger partial charge in [0.05, 0.1) is 19.8 Å². The zero-order valence-corrected chi connectivity index (χ0v) is 17.7. The van der Waals surface area contributed by atoms with Gasteiger partial charge in [-0.25, -0.2) is 0 Å². The summed E-state index contributed by atoms with van der Waals surface area (Å²) in [7, 11) is 0. The maximum Gasteiger partial charge on any atom is 0.307 e. The third-order valence-electron chi connectivity index (χ3n) is 3.80. The zero-order chi connectivity index (χ0) is 21.1. The molecule has 0 radical (unpaired) electrons. The summed E-state index contributed by atoms with van der Waals surface area (Å²) >= 11 is 0. The van der Waals surface area contributed by atoms with Gasteiger partial charge in [0, 0.05) is 19.4 Å². The van der Waals surface area contributed by atoms with Gasteiger partial charge in [-0.3, -0.25) is 9.59 Å². The minimum atomic E-state index is -1.24. The molecule has 8 heteroatoms. The van der Waals surface area contributed by atoms with Crippen LogP contribution in [0, 0.1) is 0 Å². The van der Waals surface area contributed by atoms with E-state index in [9.17, 15) is 9.59 Å². The van der Waals surface area contributed by atoms with Gasteiger partial charge in [-0.1, -0.05) is 26.7 Å². The normalized spacial score (nSPS) is 11.5. The van der Waals surface area contributed by atoms with Gasteiger partial charge in [0.1, 0.15) is 13.2 Å². The lowest BCUT2D eigenvalue weighted by Gasteiger charge is -2.32. The molecule has 0 aromatic rings. The molecule has 0 aromatic heterocycles. The Hall–Kier alpha value is -1.22. The van der Waals surface area contributed by atoms with Crippen LogP contribution >= 0.6 is 0 Å². The first kappa shape index (κ1) is 26.8. The van der Waals surface area contributed by atoms with Crippen LogP contribution in [0.15, 0.2) is 0 Å². The monoisotopic (exact) mass is 406 g/mol. The Labute approximate surface area is 168 Å². The van der Waals surface area contributed by atoms with Crippen LogP contribution in [0.25, 0.3) is 0 Å². The van der Waals surface area contributed by atoms with E-state index in [4.69, 9.17) is 28.8 Å². The average molecular weight is 407 g/mol. The van der Waals surface area contributed by atoms with E-state index in [0.29, 0.717) is 32.7 Å². The smallest absolute Gasteiger partial charge is 0.307 e. The largest absolute Gasteiger partial charge is 0.481 e. The number of rotatable bonds is 20. The molecule has 8 nitrogen and oxygen atoms in total. The first-order valence-electron chi connectivity index (χ1n) is 10.4. The van der Waals surface area contributed by atoms with E-state index in [2.05, 4.69) is 13.8 Å². The molecule has 0 amide bonds. The predicted octanol–water partition coefficient (Wildman–Crippen LogP) is 3.51. The van der Waals surface area contributed by atoms with Gasteiger partial charge in [0.15, 0.2) is 0 Å². The molecule has 166 valence electrons. The molecule has 0 spiro atoms. The Bertz CT molecular complexity index is 390. The fraction of sp³-hybridized carbons (Fsp3) is 0.900. The Morgan fingerprint density at radius 3 is 1.93 bits per heavy atom. The summed E-state index contributed by atoms with van der Waals surface area (Å²) in [5.41, 5.74) is 0. The van der Waals surface area contributed by atoms with E-state index in [1.807, 2.05) is 6.92 Å². The van der Waals surface area contributed by atoms with E-state index in [-0.39, 0.29) is 38.6 Å². The van der Waals surface area contributed by atoms with E-state index in [1.165, 1.54) is 0 Å². The fourth-order valence-electron chi connectivity index (χ4n) is 2.24. The van der Waals surface area contributed by atoms with Gasteiger partial charge in [-0.05, 0) is 32.6 Å². The maximum atomic E-state index is 11.6. The molecule has 0 fully saturated rings. The first-order valence-corrected chi connectivity index (χ1v) is 10.4. The molecule has 0 aliphatic rings. The number of ether oxygens (including phenoxy) is 5. The SMILES string of the molecule is CCCCOC(COCCOC(=O)CCCCC(=O)O)(OCC)OCCCC. The Morgan fingerprint density at radius 1 is 0.786 bits per heavy atom. The number of carbonyl (C=O) groups excluding carboxylic acids is 1. The Kier molecular flexibility index (Phi) is 17.1. The lowest BCUT2D eigenvalue weighted by Crippen LogP contribution is -2.45. The predicted molar refractivity (Wildman–Crippen MR) is 104 cm³/mol. The first-order chi connectivity index (χ1) is 13.5. The molecule has 0 atom stereocenters. The number of aliphatic carboxylic acids is 1. The fourth-order valence-corrected chi connectivity index (χ4v) is 2.24. The van der Waals surface area contributed by atoms with Gasteiger partial charge in [-0.15, -0.1) is 0 Å². The van der Waals surface area contributed by atoms with Crippen LogP contribution in [0.4, 0.5) is 0 Å². The number of unbranched alkanes of at least 4 members (excludes halogenated alkanes) is 3. The lowest BCUT2D eigenvalue weighted by atomic mass is 10.2. The number of carbonyl (C=O) groups is 2. The van der Waals surface area contributed by atoms with Crippen molar-refractivity contribution in [3.05, 3.63) is 0 Å². The highest BCUT2D eigenvalue weighted by Crippen LogP contribution is 2.18. The molecular weight excluding hydrogens is 368 g/mol. The van der Waals surface area contributed by atoms with Gasteiger partial charge in [0.2, 0.25) is 0 Å². The number of hydrogen-bond acceptors (Lipinski definition) is 7. The number of esters is 1. The Morgan fingerprint density at radius 2 is 1.39 bits per heavy atom. The van der Waals surface area contributed by atoms with Crippen molar-refractivity contribution in [1.29, 1.82) is 0 Å². The highest BCUT2D eigenvalue weighted by atomic mass is 16.9. The molecular formula is C20H38O8. The van der Waals surface area contributed by atoms with Crippen LogP contribution < -0.4 is 0 Å². The van der Waals surface area contributed by atoms with Gasteiger partial charge in [-0.2, -0.15) is 0 Å². The van der Waals surface area contributed by atoms with Crippen LogP contribution in [0.2, 0.25) is 0 Å². The summed E-state index contributed by atoms with van der Waals surface area (Å²) in [6.07, 6.45) is 5.01. The van der Waals surface area contributed by atoms with E-state index in [0.717, 1.165) is 25.7 Å². The van der Waals surface area contributed by atoms with Crippen molar-refractivity contribution in [3.63, 3.8) is 0 Å². The quantitative estimate of drug-likeness (QED) is 0.186. The van der Waals surface area contributed by atoms with Crippen molar-refractivity contribution in [2.75, 3.05) is 39.6 Å². The van der Waals surface area contributed by atoms with Gasteiger partial charge < -0.3 is 28.8 Å². The molecule has 0 saturated heterocycles. The second-order valence-corrected chi connectivity index (χ2v) is 6.39. The van der Waals surface area contributed by atoms with E-state index in [1.54, 1.807) is 0 Å². The summed E-state index contributed by atoms with van der Waals surface area (Å²) in [6, 6.07) is 0. The lowest BCUT2D eigenvalue weighted by molar-refractivity contribution is -0.394. The number of carboxylic acids is 1. The minimum absolute atomic E-state index is 0.0615. The van der Waals surface area contributed by atoms with Crippen LogP contribution in [0.3, 0.4) is 0 Å². The Balaban J connectivity index is 4.21. The molecule has 0 aliphatic carbocycles. The van der Waals surface area contributed by atoms with Crippen molar-refractivity contribution in [1.82, 2.24) is 0 Å². The van der Waals surface area contributed by atoms with Crippen LogP contribution in [-0.4, -0.2) is 62.7 Å². The molecule has 0 heterocycles. The summed E-state index contributed by atoms with van der Waals surface area (Å²) in [5.74, 6) is -2.45. The average Bonchev–Trinajstić information content (AvgIpc) is 2.65. The number of carboxylic acid groups (broad SMARTS) is 1. The summed E-state index contributed by atoms with van der Waals surface area (Å²) < 4.78 is 28.1. The molecule has 1 N–H and O–H groups in total. The van der Waals surface area contributed by atoms with Crippen molar-refractivity contribution in [3.8, 4) is 0 Å². The van der Waals surface area contributed by atoms with Crippen molar-refractivity contribution in [2.24, 2.45) is 0 Å². The van der Waals surface area contributed by atoms with Gasteiger partial charge in [0.25, 0.3) is 0 Å². The topological polar surface area (TPSA) is 101 Å². The number of hydrogen-bond donors (Lipinski definition) is 1. The van der Waals surface area contributed by atoms with Gasteiger partial charge >= 0.3 is 17.9 Å². The second-order valence-electron chi connectivity index (χ2n) is 6.39. The van der Waals surface area contributed by atoms with Crippen LogP contribution in [0.1, 0.15) is 72.1 Å². The molecule has 0 aliphatic heterocycles. The summed E-state index contributed by atoms with van der Waals surface area (Å²) in [5, 5.41) is 8.56. The molecule has 0 bridgehead atoms. The molecule has 0 aromatic carbocycles. The molecule has 0 saturated carbocycles. The van der Waals surface area contributed by atoms with Crippen LogP contribution in [0.5, 0.6) is 0 Å². The summed E-state index contributed by atoms with van der Waals surface area (Å²) in [4.78, 5) is 22.0. The van der Waals surface area contributed by atoms with Crippen molar-refractivity contribution >= 4 is 11.9 Å². The second kappa shape index (κ2) is 17.8. The highest BCUT2D eigenvalue weighted by molar-refractivity contribution is 5.69. The van der Waals surface area contributed by atoms with Crippen molar-refractivity contribution < 1.29 is 38.4 Å². The molecule has 0 unspecified atom stereocenters. The van der Waals surface area contributed by atoms with E-state index >= 15 is 0 Å². The highest BCUT2D eigenvalue weighted by Gasteiger charge is 2.33. The third-order valence-corrected chi connectivity index (χ3v) is 3.80. The van der Waals surface area contributed by atoms with E-state index < -0.39 is 11.9 Å². The minimum Gasteiger partial charge on any atom is -0.481 e. The third kappa shape index (κ3) is 14.8.